The van der Waals surface area contributed by atoms with Gasteiger partial charge in [-0.2, -0.15) is 0 Å². The van der Waals surface area contributed by atoms with Crippen LogP contribution < -0.4 is 0 Å². The first-order valence-electron chi connectivity index (χ1n) is 4.22. The van der Waals surface area contributed by atoms with E-state index >= 15 is 0 Å². The molecule has 0 atom stereocenters. The Labute approximate surface area is 71.8 Å². The van der Waals surface area contributed by atoms with Crippen LogP contribution in [0.5, 0.6) is 0 Å². The van der Waals surface area contributed by atoms with Crippen molar-refractivity contribution in [1.82, 2.24) is 0 Å². The summed E-state index contributed by atoms with van der Waals surface area (Å²) in [7, 11) is -3.09. The summed E-state index contributed by atoms with van der Waals surface area (Å²) in [6, 6.07) is 0. The average molecular weight is 192 g/mol. The Balaban J connectivity index is 2.09. The highest BCUT2D eigenvalue weighted by atomic mass is 31.2. The van der Waals surface area contributed by atoms with Gasteiger partial charge < -0.3 is 0 Å². The van der Waals surface area contributed by atoms with Crippen molar-refractivity contribution in [1.29, 1.82) is 0 Å². The van der Waals surface area contributed by atoms with Gasteiger partial charge in [0.25, 0.3) is 0 Å². The van der Waals surface area contributed by atoms with Crippen LogP contribution in [0, 0.1) is 5.41 Å². The zero-order valence-electron chi connectivity index (χ0n) is 7.12. The minimum Gasteiger partial charge on any atom is -0.286 e. The number of hydrogen-bond acceptors (Lipinski definition) is 4. The minimum atomic E-state index is -3.09. The number of hydrogen-bond donors (Lipinski definition) is 0. The molecule has 4 nitrogen and oxygen atoms in total. The maximum Gasteiger partial charge on any atom is 0.474 e. The molecule has 12 heavy (non-hydrogen) atoms. The quantitative estimate of drug-likeness (QED) is 0.627. The molecule has 0 aromatic heterocycles. The van der Waals surface area contributed by atoms with Gasteiger partial charge >= 0.3 is 7.82 Å². The maximum absolute atomic E-state index is 11.3. The minimum absolute atomic E-state index is 0.0269. The molecule has 3 rings (SSSR count). The molecule has 3 aliphatic rings. The van der Waals surface area contributed by atoms with Crippen LogP contribution in [0.4, 0.5) is 0 Å². The molecule has 0 aromatic rings. The molecule has 0 radical (unpaired) electrons. The van der Waals surface area contributed by atoms with Crippen LogP contribution in [-0.4, -0.2) is 19.8 Å². The van der Waals surface area contributed by atoms with Crippen LogP contribution >= 0.6 is 7.82 Å². The first-order valence-corrected chi connectivity index (χ1v) is 5.68. The third-order valence-corrected chi connectivity index (χ3v) is 3.70. The standard InChI is InChI=1S/C7H13O4P/c1-2-3-7-4-9-12(8,10-5-7)11-6-7/h2-6H2,1H3. The summed E-state index contributed by atoms with van der Waals surface area (Å²) in [6.07, 6.45) is 2.08. The molecule has 3 aliphatic heterocycles. The van der Waals surface area contributed by atoms with Crippen LogP contribution in [0.1, 0.15) is 19.8 Å². The SMILES string of the molecule is CCCC12COP(=O)(OC1)OC2. The third kappa shape index (κ3) is 1.33. The van der Waals surface area contributed by atoms with Crippen molar-refractivity contribution in [2.24, 2.45) is 5.41 Å². The van der Waals surface area contributed by atoms with Crippen LogP contribution in [0.2, 0.25) is 0 Å². The number of phosphoric acid groups is 1. The molecule has 0 spiro atoms. The Bertz CT molecular complexity index is 196. The Hall–Kier alpha value is 0.110. The zero-order chi connectivity index (χ0) is 8.66. The molecule has 0 amide bonds. The van der Waals surface area contributed by atoms with Crippen molar-refractivity contribution < 1.29 is 18.1 Å². The third-order valence-electron chi connectivity index (χ3n) is 2.37. The largest absolute Gasteiger partial charge is 0.474 e. The van der Waals surface area contributed by atoms with Crippen molar-refractivity contribution in [2.45, 2.75) is 19.8 Å². The van der Waals surface area contributed by atoms with Crippen LogP contribution in [-0.2, 0) is 18.1 Å². The highest BCUT2D eigenvalue weighted by Gasteiger charge is 2.49. The van der Waals surface area contributed by atoms with Gasteiger partial charge in [0.05, 0.1) is 19.8 Å². The Morgan fingerprint density at radius 3 is 2.17 bits per heavy atom. The second-order valence-corrected chi connectivity index (χ2v) is 5.19. The number of phosphoric ester groups is 1. The van der Waals surface area contributed by atoms with Crippen LogP contribution in [0.15, 0.2) is 0 Å². The van der Waals surface area contributed by atoms with Crippen molar-refractivity contribution in [3.63, 3.8) is 0 Å². The summed E-state index contributed by atoms with van der Waals surface area (Å²) in [5.74, 6) is 0. The van der Waals surface area contributed by atoms with E-state index in [1.54, 1.807) is 0 Å². The molecule has 3 saturated heterocycles. The fourth-order valence-corrected chi connectivity index (χ4v) is 3.15. The van der Waals surface area contributed by atoms with Crippen LogP contribution in [0.3, 0.4) is 0 Å². The summed E-state index contributed by atoms with van der Waals surface area (Å²) in [5.41, 5.74) is -0.0269. The summed E-state index contributed by atoms with van der Waals surface area (Å²) in [4.78, 5) is 0. The van der Waals surface area contributed by atoms with Crippen molar-refractivity contribution in [2.75, 3.05) is 19.8 Å². The second kappa shape index (κ2) is 2.81. The predicted molar refractivity (Wildman–Crippen MR) is 42.8 cm³/mol. The van der Waals surface area contributed by atoms with E-state index in [4.69, 9.17) is 13.6 Å². The summed E-state index contributed by atoms with van der Waals surface area (Å²) in [5, 5.41) is 0. The normalized spacial score (nSPS) is 46.4. The fraction of sp³-hybridized carbons (Fsp3) is 1.00. The van der Waals surface area contributed by atoms with Crippen molar-refractivity contribution in [3.8, 4) is 0 Å². The number of fused-ring (bicyclic) bond motifs is 3. The molecule has 0 N–H and O–H groups in total. The van der Waals surface area contributed by atoms with E-state index in [2.05, 4.69) is 6.92 Å². The molecule has 0 aliphatic carbocycles. The summed E-state index contributed by atoms with van der Waals surface area (Å²) in [6.45, 7) is 3.69. The van der Waals surface area contributed by atoms with Crippen LogP contribution in [0.25, 0.3) is 0 Å². The molecule has 5 heteroatoms. The average Bonchev–Trinajstić information content (AvgIpc) is 2.08. The lowest BCUT2D eigenvalue weighted by atomic mass is 9.86. The molecule has 0 aromatic carbocycles. The lowest BCUT2D eigenvalue weighted by molar-refractivity contribution is -0.0975. The van der Waals surface area contributed by atoms with E-state index in [0.29, 0.717) is 19.8 Å². The Kier molecular flexibility index (Phi) is 2.04. The maximum atomic E-state index is 11.3. The Morgan fingerprint density at radius 1 is 1.25 bits per heavy atom. The van der Waals surface area contributed by atoms with Crippen molar-refractivity contribution in [3.05, 3.63) is 0 Å². The van der Waals surface area contributed by atoms with E-state index in [0.717, 1.165) is 12.8 Å². The molecule has 3 heterocycles. The lowest BCUT2D eigenvalue weighted by Gasteiger charge is -2.44. The van der Waals surface area contributed by atoms with Gasteiger partial charge in [0.1, 0.15) is 0 Å². The van der Waals surface area contributed by atoms with E-state index < -0.39 is 7.82 Å². The van der Waals surface area contributed by atoms with Gasteiger partial charge in [0, 0.05) is 5.41 Å². The zero-order valence-corrected chi connectivity index (χ0v) is 8.01. The van der Waals surface area contributed by atoms with Gasteiger partial charge in [0.2, 0.25) is 0 Å². The van der Waals surface area contributed by atoms with Gasteiger partial charge in [-0.15, -0.1) is 0 Å². The molecular formula is C7H13O4P. The van der Waals surface area contributed by atoms with E-state index in [1.807, 2.05) is 0 Å². The lowest BCUT2D eigenvalue weighted by Crippen LogP contribution is -2.44. The summed E-state index contributed by atoms with van der Waals surface area (Å²) < 4.78 is 26.4. The van der Waals surface area contributed by atoms with E-state index in [9.17, 15) is 4.57 Å². The van der Waals surface area contributed by atoms with Gasteiger partial charge in [0.15, 0.2) is 0 Å². The van der Waals surface area contributed by atoms with Gasteiger partial charge in [-0.25, -0.2) is 4.57 Å². The predicted octanol–water partition coefficient (Wildman–Crippen LogP) is 1.96. The molecule has 2 bridgehead atoms. The Morgan fingerprint density at radius 2 is 1.75 bits per heavy atom. The smallest absolute Gasteiger partial charge is 0.286 e. The first-order chi connectivity index (χ1) is 5.68. The molecule has 70 valence electrons. The molecule has 0 unspecified atom stereocenters. The first kappa shape index (κ1) is 8.70. The van der Waals surface area contributed by atoms with Crippen molar-refractivity contribution >= 4 is 7.82 Å². The number of rotatable bonds is 2. The highest BCUT2D eigenvalue weighted by Crippen LogP contribution is 2.60. The summed E-state index contributed by atoms with van der Waals surface area (Å²) >= 11 is 0. The van der Waals surface area contributed by atoms with E-state index in [-0.39, 0.29) is 5.41 Å². The monoisotopic (exact) mass is 192 g/mol. The fourth-order valence-electron chi connectivity index (χ4n) is 1.63. The van der Waals surface area contributed by atoms with Gasteiger partial charge in [-0.1, -0.05) is 13.3 Å². The topological polar surface area (TPSA) is 44.8 Å². The van der Waals surface area contributed by atoms with Gasteiger partial charge in [-0.3, -0.25) is 13.6 Å². The second-order valence-electron chi connectivity index (χ2n) is 3.52. The highest BCUT2D eigenvalue weighted by molar-refractivity contribution is 7.48. The molecule has 0 saturated carbocycles. The van der Waals surface area contributed by atoms with Gasteiger partial charge in [-0.05, 0) is 6.42 Å². The molecule has 3 fully saturated rings. The van der Waals surface area contributed by atoms with E-state index in [1.165, 1.54) is 0 Å². The molecular weight excluding hydrogens is 179 g/mol.